The van der Waals surface area contributed by atoms with Crippen LogP contribution in [0.4, 0.5) is 0 Å². The summed E-state index contributed by atoms with van der Waals surface area (Å²) in [5.74, 6) is 2.18. The van der Waals surface area contributed by atoms with Gasteiger partial charge in [0.1, 0.15) is 0 Å². The molecule has 0 aromatic carbocycles. The first kappa shape index (κ1) is 14.3. The highest BCUT2D eigenvalue weighted by atomic mass is 14.2. The van der Waals surface area contributed by atoms with E-state index in [9.17, 15) is 0 Å². The topological polar surface area (TPSA) is 0 Å². The lowest BCUT2D eigenvalue weighted by molar-refractivity contribution is 0.437. The van der Waals surface area contributed by atoms with Gasteiger partial charge in [0, 0.05) is 0 Å². The summed E-state index contributed by atoms with van der Waals surface area (Å²) in [7, 11) is 0. The fourth-order valence-electron chi connectivity index (χ4n) is 2.44. The molecular formula is C17H28. The second-order valence-electron chi connectivity index (χ2n) is 5.26. The standard InChI is InChI=1S/C17H28/c1-4-6-7-10-15(3)17-12-8-11-16(9-5-2)13-14-17/h6-8,11,13-17H,4-5,9-10,12H2,1-3H3. The van der Waals surface area contributed by atoms with E-state index in [1.807, 2.05) is 0 Å². The van der Waals surface area contributed by atoms with Crippen LogP contribution in [0.5, 0.6) is 0 Å². The number of hydrogen-bond donors (Lipinski definition) is 0. The lowest BCUT2D eigenvalue weighted by atomic mass is 9.88. The fourth-order valence-corrected chi connectivity index (χ4v) is 2.44. The molecule has 3 atom stereocenters. The summed E-state index contributed by atoms with van der Waals surface area (Å²) in [6, 6.07) is 0. The van der Waals surface area contributed by atoms with E-state index >= 15 is 0 Å². The molecule has 1 aliphatic rings. The predicted octanol–water partition coefficient (Wildman–Crippen LogP) is 5.53. The summed E-state index contributed by atoms with van der Waals surface area (Å²) in [4.78, 5) is 0. The molecular weight excluding hydrogens is 204 g/mol. The van der Waals surface area contributed by atoms with Crippen LogP contribution in [0.15, 0.2) is 36.5 Å². The van der Waals surface area contributed by atoms with Gasteiger partial charge in [-0.15, -0.1) is 0 Å². The SMILES string of the molecule is CCC=CCC(C)C1C=CC(CCC)C=CC1. The molecule has 0 N–H and O–H groups in total. The zero-order valence-electron chi connectivity index (χ0n) is 11.7. The molecule has 0 aromatic heterocycles. The van der Waals surface area contributed by atoms with Crippen molar-refractivity contribution >= 4 is 0 Å². The van der Waals surface area contributed by atoms with Crippen LogP contribution in [0.25, 0.3) is 0 Å². The first-order chi connectivity index (χ1) is 8.27. The molecule has 0 aliphatic heterocycles. The molecule has 0 spiro atoms. The Morgan fingerprint density at radius 3 is 2.71 bits per heavy atom. The Bertz CT molecular complexity index is 270. The van der Waals surface area contributed by atoms with Crippen LogP contribution in [0.3, 0.4) is 0 Å². The Balaban J connectivity index is 2.47. The molecule has 96 valence electrons. The van der Waals surface area contributed by atoms with Crippen molar-refractivity contribution in [2.75, 3.05) is 0 Å². The molecule has 0 heterocycles. The average molecular weight is 232 g/mol. The fraction of sp³-hybridized carbons (Fsp3) is 0.647. The van der Waals surface area contributed by atoms with E-state index in [1.54, 1.807) is 0 Å². The van der Waals surface area contributed by atoms with Crippen LogP contribution >= 0.6 is 0 Å². The quantitative estimate of drug-likeness (QED) is 0.528. The average Bonchev–Trinajstić information content (AvgIpc) is 2.55. The van der Waals surface area contributed by atoms with Crippen LogP contribution in [-0.2, 0) is 0 Å². The van der Waals surface area contributed by atoms with Crippen LogP contribution < -0.4 is 0 Å². The summed E-state index contributed by atoms with van der Waals surface area (Å²) in [5, 5.41) is 0. The molecule has 0 radical (unpaired) electrons. The Labute approximate surface area is 108 Å². The van der Waals surface area contributed by atoms with E-state index in [0.717, 1.165) is 18.3 Å². The molecule has 0 bridgehead atoms. The minimum absolute atomic E-state index is 0.684. The van der Waals surface area contributed by atoms with Gasteiger partial charge in [-0.25, -0.2) is 0 Å². The molecule has 1 aliphatic carbocycles. The molecule has 3 unspecified atom stereocenters. The van der Waals surface area contributed by atoms with Gasteiger partial charge in [0.05, 0.1) is 0 Å². The third-order valence-electron chi connectivity index (χ3n) is 3.66. The molecule has 0 saturated carbocycles. The summed E-state index contributed by atoms with van der Waals surface area (Å²) in [5.41, 5.74) is 0. The van der Waals surface area contributed by atoms with Crippen molar-refractivity contribution in [3.05, 3.63) is 36.5 Å². The van der Waals surface area contributed by atoms with Crippen molar-refractivity contribution in [3.8, 4) is 0 Å². The van der Waals surface area contributed by atoms with Gasteiger partial charge < -0.3 is 0 Å². The third kappa shape index (κ3) is 5.39. The maximum absolute atomic E-state index is 2.46. The normalized spacial score (nSPS) is 26.3. The first-order valence-corrected chi connectivity index (χ1v) is 7.27. The highest BCUT2D eigenvalue weighted by Gasteiger charge is 2.14. The molecule has 0 nitrogen and oxygen atoms in total. The van der Waals surface area contributed by atoms with Crippen molar-refractivity contribution in [1.29, 1.82) is 0 Å². The van der Waals surface area contributed by atoms with E-state index in [0.29, 0.717) is 5.92 Å². The Kier molecular flexibility index (Phi) is 7.00. The lowest BCUT2D eigenvalue weighted by Crippen LogP contribution is -2.07. The highest BCUT2D eigenvalue weighted by molar-refractivity contribution is 5.08. The third-order valence-corrected chi connectivity index (χ3v) is 3.66. The highest BCUT2D eigenvalue weighted by Crippen LogP contribution is 2.26. The smallest absolute Gasteiger partial charge is 0.00535 e. The minimum Gasteiger partial charge on any atom is -0.0888 e. The molecule has 0 saturated heterocycles. The molecule has 0 aromatic rings. The van der Waals surface area contributed by atoms with Gasteiger partial charge in [0.15, 0.2) is 0 Å². The second kappa shape index (κ2) is 8.33. The second-order valence-corrected chi connectivity index (χ2v) is 5.26. The number of hydrogen-bond acceptors (Lipinski definition) is 0. The van der Waals surface area contributed by atoms with Crippen LogP contribution in [-0.4, -0.2) is 0 Å². The van der Waals surface area contributed by atoms with E-state index in [-0.39, 0.29) is 0 Å². The van der Waals surface area contributed by atoms with Gasteiger partial charge in [-0.3, -0.25) is 0 Å². The van der Waals surface area contributed by atoms with Crippen molar-refractivity contribution in [1.82, 2.24) is 0 Å². The maximum Gasteiger partial charge on any atom is -0.00535 e. The number of allylic oxidation sites excluding steroid dienone is 6. The van der Waals surface area contributed by atoms with Gasteiger partial charge in [0.2, 0.25) is 0 Å². The number of rotatable bonds is 6. The van der Waals surface area contributed by atoms with Crippen molar-refractivity contribution in [3.63, 3.8) is 0 Å². The van der Waals surface area contributed by atoms with Crippen LogP contribution in [0.2, 0.25) is 0 Å². The summed E-state index contributed by atoms with van der Waals surface area (Å²) in [6.07, 6.45) is 20.5. The van der Waals surface area contributed by atoms with Gasteiger partial charge in [-0.2, -0.15) is 0 Å². The Hall–Kier alpha value is -0.780. The largest absolute Gasteiger partial charge is 0.0888 e. The van der Waals surface area contributed by atoms with Crippen LogP contribution in [0, 0.1) is 17.8 Å². The van der Waals surface area contributed by atoms with E-state index in [1.165, 1.54) is 25.7 Å². The summed E-state index contributed by atoms with van der Waals surface area (Å²) < 4.78 is 0. The monoisotopic (exact) mass is 232 g/mol. The molecule has 0 amide bonds. The minimum atomic E-state index is 0.684. The van der Waals surface area contributed by atoms with Crippen molar-refractivity contribution < 1.29 is 0 Å². The summed E-state index contributed by atoms with van der Waals surface area (Å²) in [6.45, 7) is 6.84. The van der Waals surface area contributed by atoms with E-state index in [2.05, 4.69) is 57.2 Å². The maximum atomic E-state index is 2.46. The Morgan fingerprint density at radius 1 is 1.18 bits per heavy atom. The van der Waals surface area contributed by atoms with Crippen molar-refractivity contribution in [2.45, 2.75) is 52.9 Å². The lowest BCUT2D eigenvalue weighted by Gasteiger charge is -2.17. The van der Waals surface area contributed by atoms with Gasteiger partial charge >= 0.3 is 0 Å². The zero-order valence-corrected chi connectivity index (χ0v) is 11.7. The molecule has 1 rings (SSSR count). The molecule has 0 heteroatoms. The predicted molar refractivity (Wildman–Crippen MR) is 78.0 cm³/mol. The first-order valence-electron chi connectivity index (χ1n) is 7.27. The van der Waals surface area contributed by atoms with Gasteiger partial charge in [-0.05, 0) is 43.4 Å². The Morgan fingerprint density at radius 2 is 2.00 bits per heavy atom. The molecule has 17 heavy (non-hydrogen) atoms. The van der Waals surface area contributed by atoms with Crippen molar-refractivity contribution in [2.24, 2.45) is 17.8 Å². The van der Waals surface area contributed by atoms with Crippen LogP contribution in [0.1, 0.15) is 52.9 Å². The zero-order chi connectivity index (χ0) is 12.5. The molecule has 0 fully saturated rings. The van der Waals surface area contributed by atoms with E-state index < -0.39 is 0 Å². The van der Waals surface area contributed by atoms with Gasteiger partial charge in [0.25, 0.3) is 0 Å². The summed E-state index contributed by atoms with van der Waals surface area (Å²) >= 11 is 0. The van der Waals surface area contributed by atoms with Gasteiger partial charge in [-0.1, -0.05) is 63.6 Å². The van der Waals surface area contributed by atoms with E-state index in [4.69, 9.17) is 0 Å².